The summed E-state index contributed by atoms with van der Waals surface area (Å²) in [5, 5.41) is 14.4. The Morgan fingerprint density at radius 3 is 2.27 bits per heavy atom. The van der Waals surface area contributed by atoms with Crippen LogP contribution < -0.4 is 5.32 Å². The maximum Gasteiger partial charge on any atom is 0.408 e. The number of alkyl carbamates (subject to hydrolysis) is 1. The van der Waals surface area contributed by atoms with E-state index in [0.29, 0.717) is 0 Å². The van der Waals surface area contributed by atoms with Gasteiger partial charge in [0.05, 0.1) is 0 Å². The molecule has 2 atom stereocenters. The predicted molar refractivity (Wildman–Crippen MR) is 89.8 cm³/mol. The maximum absolute atomic E-state index is 11.9. The molecule has 0 aromatic carbocycles. The molecule has 0 radical (unpaired) electrons. The third-order valence-electron chi connectivity index (χ3n) is 4.02. The molecule has 0 aromatic heterocycles. The number of rotatable bonds is 3. The lowest BCUT2D eigenvalue weighted by Gasteiger charge is -2.38. The molecule has 0 aliphatic carbocycles. The van der Waals surface area contributed by atoms with Crippen molar-refractivity contribution in [3.63, 3.8) is 0 Å². The molecule has 1 aliphatic heterocycles. The van der Waals surface area contributed by atoms with Gasteiger partial charge >= 0.3 is 6.09 Å². The molecule has 0 bridgehead atoms. The lowest BCUT2D eigenvalue weighted by molar-refractivity contribution is -0.451. The van der Waals surface area contributed by atoms with Gasteiger partial charge in [-0.3, -0.25) is 0 Å². The Kier molecular flexibility index (Phi) is 5.34. The zero-order chi connectivity index (χ0) is 17.3. The summed E-state index contributed by atoms with van der Waals surface area (Å²) >= 11 is 0. The van der Waals surface area contributed by atoms with Crippen LogP contribution in [0.1, 0.15) is 41.5 Å². The van der Waals surface area contributed by atoms with Gasteiger partial charge in [0, 0.05) is 0 Å². The normalized spacial score (nSPS) is 23.2. The highest BCUT2D eigenvalue weighted by Crippen LogP contribution is 2.37. The smallest absolute Gasteiger partial charge is 0.408 e. The third kappa shape index (κ3) is 5.28. The summed E-state index contributed by atoms with van der Waals surface area (Å²) in [6, 6.07) is -0.457. The minimum Gasteiger partial charge on any atom is -0.624 e. The predicted octanol–water partition coefficient (Wildman–Crippen LogP) is 2.86. The van der Waals surface area contributed by atoms with Crippen LogP contribution in [0.5, 0.6) is 0 Å². The van der Waals surface area contributed by atoms with Crippen LogP contribution >= 0.6 is 0 Å². The van der Waals surface area contributed by atoms with Gasteiger partial charge in [-0.1, -0.05) is 20.8 Å². The molecule has 128 valence electrons. The van der Waals surface area contributed by atoms with Crippen LogP contribution in [0.25, 0.3) is 0 Å². The number of amides is 1. The number of hydrogen-bond donors (Lipinski definition) is 1. The van der Waals surface area contributed by atoms with E-state index in [1.807, 2.05) is 0 Å². The van der Waals surface area contributed by atoms with Crippen molar-refractivity contribution >= 4 is 20.6 Å². The zero-order valence-corrected chi connectivity index (χ0v) is 16.0. The number of carbonyl (C=O) groups is 1. The Hall–Kier alpha value is -1.08. The van der Waals surface area contributed by atoms with Gasteiger partial charge in [0.1, 0.15) is 17.7 Å². The zero-order valence-electron chi connectivity index (χ0n) is 15.0. The molecular weight excluding hydrogens is 300 g/mol. The second-order valence-corrected chi connectivity index (χ2v) is 13.1. The van der Waals surface area contributed by atoms with E-state index in [9.17, 15) is 10.0 Å². The number of nitrogens with one attached hydrogen (secondary N) is 1. The van der Waals surface area contributed by atoms with Gasteiger partial charge in [0.15, 0.2) is 21.1 Å². The van der Waals surface area contributed by atoms with Gasteiger partial charge in [-0.25, -0.2) is 9.53 Å². The first-order valence-electron chi connectivity index (χ1n) is 7.67. The van der Waals surface area contributed by atoms with Crippen LogP contribution in [0.3, 0.4) is 0 Å². The van der Waals surface area contributed by atoms with Gasteiger partial charge in [0.2, 0.25) is 0 Å². The van der Waals surface area contributed by atoms with E-state index in [-0.39, 0.29) is 17.7 Å². The Bertz CT molecular complexity index is 449. The highest BCUT2D eigenvalue weighted by Gasteiger charge is 2.44. The SMILES string of the molecule is CC(C)(C)OC(=O)N[C@@H]1C=[N+]([O-])C[C@@H]1O[Si](C)(C)C(C)(C)C. The Balaban J connectivity index is 2.74. The average molecular weight is 331 g/mol. The molecule has 22 heavy (non-hydrogen) atoms. The second-order valence-electron chi connectivity index (χ2n) is 8.34. The van der Waals surface area contributed by atoms with Crippen LogP contribution in [-0.2, 0) is 9.16 Å². The summed E-state index contributed by atoms with van der Waals surface area (Å²) in [5.74, 6) is 0. The number of hydrogen-bond acceptors (Lipinski definition) is 4. The molecule has 1 heterocycles. The summed E-state index contributed by atoms with van der Waals surface area (Å²) in [6.07, 6.45) is 0.570. The topological polar surface area (TPSA) is 73.6 Å². The molecule has 0 spiro atoms. The molecule has 1 aliphatic rings. The van der Waals surface area contributed by atoms with E-state index < -0.39 is 26.1 Å². The molecule has 0 aromatic rings. The van der Waals surface area contributed by atoms with E-state index in [2.05, 4.69) is 39.2 Å². The van der Waals surface area contributed by atoms with E-state index in [4.69, 9.17) is 9.16 Å². The van der Waals surface area contributed by atoms with E-state index in [0.717, 1.165) is 4.74 Å². The third-order valence-corrected chi connectivity index (χ3v) is 8.53. The fourth-order valence-electron chi connectivity index (χ4n) is 1.87. The first kappa shape index (κ1) is 19.0. The standard InChI is InChI=1S/C15H30N2O4Si/c1-14(2,3)20-13(18)16-11-9-17(19)10-12(11)21-22(7,8)15(4,5)6/h9,11-12H,10H2,1-8H3,(H,16,18)/t11-,12+/m1/s1. The van der Waals surface area contributed by atoms with E-state index in [1.165, 1.54) is 6.21 Å². The molecular formula is C15H30N2O4Si. The summed E-state index contributed by atoms with van der Waals surface area (Å²) < 4.78 is 12.3. The van der Waals surface area contributed by atoms with E-state index in [1.54, 1.807) is 20.8 Å². The van der Waals surface area contributed by atoms with Crippen LogP contribution in [0, 0.1) is 5.21 Å². The molecule has 1 rings (SSSR count). The van der Waals surface area contributed by atoms with Gasteiger partial charge in [0.25, 0.3) is 0 Å². The summed E-state index contributed by atoms with van der Waals surface area (Å²) in [4.78, 5) is 11.9. The first-order chi connectivity index (χ1) is 9.71. The highest BCUT2D eigenvalue weighted by molar-refractivity contribution is 6.74. The van der Waals surface area contributed by atoms with Crippen LogP contribution in [0.4, 0.5) is 4.79 Å². The Labute approximate surface area is 134 Å². The number of hydroxylamine groups is 1. The quantitative estimate of drug-likeness (QED) is 0.490. The molecule has 6 nitrogen and oxygen atoms in total. The van der Waals surface area contributed by atoms with Crippen molar-refractivity contribution in [2.75, 3.05) is 6.54 Å². The van der Waals surface area contributed by atoms with Crippen molar-refractivity contribution in [1.82, 2.24) is 5.32 Å². The van der Waals surface area contributed by atoms with Crippen LogP contribution in [0.15, 0.2) is 0 Å². The van der Waals surface area contributed by atoms with Crippen LogP contribution in [-0.4, -0.2) is 49.7 Å². The largest absolute Gasteiger partial charge is 0.624 e. The average Bonchev–Trinajstić information content (AvgIpc) is 2.52. The molecule has 0 saturated heterocycles. The van der Waals surface area contributed by atoms with E-state index >= 15 is 0 Å². The number of ether oxygens (including phenoxy) is 1. The minimum absolute atomic E-state index is 0.0414. The lowest BCUT2D eigenvalue weighted by Crippen LogP contribution is -2.52. The van der Waals surface area contributed by atoms with Gasteiger partial charge in [-0.2, -0.15) is 0 Å². The van der Waals surface area contributed by atoms with Crippen LogP contribution in [0.2, 0.25) is 18.1 Å². The molecule has 1 amide bonds. The second kappa shape index (κ2) is 6.20. The van der Waals surface area contributed by atoms with Crippen molar-refractivity contribution in [3.05, 3.63) is 5.21 Å². The first-order valence-corrected chi connectivity index (χ1v) is 10.6. The molecule has 0 fully saturated rings. The summed E-state index contributed by atoms with van der Waals surface area (Å²) in [7, 11) is -2.02. The van der Waals surface area contributed by atoms with Gasteiger partial charge < -0.3 is 19.7 Å². The number of nitrogens with zero attached hydrogens (tertiary/aromatic N) is 1. The number of carbonyl (C=O) groups excluding carboxylic acids is 1. The summed E-state index contributed by atoms with van der Waals surface area (Å²) in [5.41, 5.74) is -0.574. The fourth-order valence-corrected chi connectivity index (χ4v) is 3.20. The van der Waals surface area contributed by atoms with Crippen molar-refractivity contribution in [2.45, 2.75) is 77.4 Å². The van der Waals surface area contributed by atoms with Crippen molar-refractivity contribution in [2.24, 2.45) is 0 Å². The Morgan fingerprint density at radius 1 is 1.27 bits per heavy atom. The molecule has 0 unspecified atom stereocenters. The van der Waals surface area contributed by atoms with Gasteiger partial charge in [-0.05, 0) is 38.9 Å². The van der Waals surface area contributed by atoms with Crippen molar-refractivity contribution < 1.29 is 18.7 Å². The monoisotopic (exact) mass is 330 g/mol. The fraction of sp³-hybridized carbons (Fsp3) is 0.867. The molecule has 1 N–H and O–H groups in total. The van der Waals surface area contributed by atoms with Crippen molar-refractivity contribution in [1.29, 1.82) is 0 Å². The van der Waals surface area contributed by atoms with Gasteiger partial charge in [-0.15, -0.1) is 0 Å². The highest BCUT2D eigenvalue weighted by atomic mass is 28.4. The Morgan fingerprint density at radius 2 is 1.82 bits per heavy atom. The lowest BCUT2D eigenvalue weighted by atomic mass is 10.2. The minimum atomic E-state index is -2.02. The molecule has 0 saturated carbocycles. The maximum atomic E-state index is 11.9. The van der Waals surface area contributed by atoms with Crippen molar-refractivity contribution in [3.8, 4) is 0 Å². The molecule has 7 heteroatoms. The summed E-state index contributed by atoms with van der Waals surface area (Å²) in [6.45, 7) is 16.3.